The lowest BCUT2D eigenvalue weighted by atomic mass is 9.85. The minimum atomic E-state index is -0.105. The molecule has 2 amide bonds. The molecule has 1 aromatic carbocycles. The monoisotopic (exact) mass is 411 g/mol. The van der Waals surface area contributed by atoms with Crippen LogP contribution in [0, 0.1) is 5.92 Å². The SMILES string of the molecule is CN(Cc1cscn1)C(=O)C1CCC(NC(=O)c2cccc3c2CCC3=O)CC1. The second-order valence-electron chi connectivity index (χ2n) is 7.95. The number of carbonyl (C=O) groups is 3. The fourth-order valence-corrected chi connectivity index (χ4v) is 4.95. The Balaban J connectivity index is 1.31. The summed E-state index contributed by atoms with van der Waals surface area (Å²) in [5.74, 6) is 0.176. The summed E-state index contributed by atoms with van der Waals surface area (Å²) in [6.45, 7) is 0.539. The average molecular weight is 412 g/mol. The largest absolute Gasteiger partial charge is 0.349 e. The number of amides is 2. The van der Waals surface area contributed by atoms with Gasteiger partial charge < -0.3 is 10.2 Å². The van der Waals surface area contributed by atoms with E-state index in [0.717, 1.165) is 36.9 Å². The van der Waals surface area contributed by atoms with Gasteiger partial charge in [-0.05, 0) is 43.7 Å². The molecule has 0 spiro atoms. The van der Waals surface area contributed by atoms with Crippen molar-refractivity contribution in [2.75, 3.05) is 7.05 Å². The van der Waals surface area contributed by atoms with Crippen LogP contribution in [0.5, 0.6) is 0 Å². The van der Waals surface area contributed by atoms with E-state index in [4.69, 9.17) is 0 Å². The lowest BCUT2D eigenvalue weighted by molar-refractivity contribution is -0.135. The predicted molar refractivity (Wildman–Crippen MR) is 111 cm³/mol. The van der Waals surface area contributed by atoms with Crippen LogP contribution in [-0.2, 0) is 17.8 Å². The number of hydrogen-bond donors (Lipinski definition) is 1. The first-order valence-corrected chi connectivity index (χ1v) is 11.0. The summed E-state index contributed by atoms with van der Waals surface area (Å²) in [6, 6.07) is 5.46. The van der Waals surface area contributed by atoms with Crippen molar-refractivity contribution in [2.24, 2.45) is 5.92 Å². The maximum atomic E-state index is 12.8. The van der Waals surface area contributed by atoms with Crippen molar-refractivity contribution >= 4 is 28.9 Å². The van der Waals surface area contributed by atoms with E-state index in [1.165, 1.54) is 11.3 Å². The van der Waals surface area contributed by atoms with Crippen LogP contribution in [0.3, 0.4) is 0 Å². The highest BCUT2D eigenvalue weighted by molar-refractivity contribution is 7.07. The van der Waals surface area contributed by atoms with E-state index in [2.05, 4.69) is 10.3 Å². The molecule has 0 saturated heterocycles. The van der Waals surface area contributed by atoms with Crippen LogP contribution in [-0.4, -0.2) is 40.6 Å². The second kappa shape index (κ2) is 8.45. The molecule has 29 heavy (non-hydrogen) atoms. The zero-order valence-electron chi connectivity index (χ0n) is 16.5. The number of Topliss-reactive ketones (excluding diaryl/α,β-unsaturated/α-hetero) is 1. The summed E-state index contributed by atoms with van der Waals surface area (Å²) >= 11 is 1.53. The number of rotatable bonds is 5. The standard InChI is InChI=1S/C22H25N3O3S/c1-25(11-16-12-29-13-23-16)22(28)14-5-7-15(8-6-14)24-21(27)19-4-2-3-18-17(19)9-10-20(18)26/h2-4,12-15H,5-11H2,1H3,(H,24,27). The van der Waals surface area contributed by atoms with Gasteiger partial charge in [0.2, 0.25) is 5.91 Å². The Bertz CT molecular complexity index is 917. The Labute approximate surface area is 174 Å². The Morgan fingerprint density at radius 3 is 2.72 bits per heavy atom. The Hall–Kier alpha value is -2.54. The third-order valence-electron chi connectivity index (χ3n) is 5.99. The van der Waals surface area contributed by atoms with E-state index >= 15 is 0 Å². The molecule has 0 unspecified atom stereocenters. The van der Waals surface area contributed by atoms with Crippen LogP contribution in [0.15, 0.2) is 29.1 Å². The molecule has 1 N–H and O–H groups in total. The zero-order valence-corrected chi connectivity index (χ0v) is 17.3. The fourth-order valence-electron chi connectivity index (χ4n) is 4.40. The zero-order chi connectivity index (χ0) is 20.4. The number of aromatic nitrogens is 1. The minimum Gasteiger partial charge on any atom is -0.349 e. The molecule has 2 aromatic rings. The first-order valence-electron chi connectivity index (χ1n) is 10.1. The van der Waals surface area contributed by atoms with Gasteiger partial charge in [-0.3, -0.25) is 14.4 Å². The van der Waals surface area contributed by atoms with Gasteiger partial charge in [-0.25, -0.2) is 4.98 Å². The highest BCUT2D eigenvalue weighted by atomic mass is 32.1. The minimum absolute atomic E-state index is 0.00498. The highest BCUT2D eigenvalue weighted by Gasteiger charge is 2.30. The summed E-state index contributed by atoms with van der Waals surface area (Å²) in [5.41, 5.74) is 4.88. The van der Waals surface area contributed by atoms with E-state index in [1.54, 1.807) is 28.6 Å². The van der Waals surface area contributed by atoms with Gasteiger partial charge in [0.25, 0.3) is 5.91 Å². The number of nitrogens with one attached hydrogen (secondary N) is 1. The van der Waals surface area contributed by atoms with Crippen LogP contribution < -0.4 is 5.32 Å². The fraction of sp³-hybridized carbons (Fsp3) is 0.455. The number of carbonyl (C=O) groups excluding carboxylic acids is 3. The lowest BCUT2D eigenvalue weighted by Gasteiger charge is -2.31. The topological polar surface area (TPSA) is 79.4 Å². The third kappa shape index (κ3) is 4.24. The van der Waals surface area contributed by atoms with Gasteiger partial charge in [-0.2, -0.15) is 0 Å². The Morgan fingerprint density at radius 1 is 1.21 bits per heavy atom. The molecule has 2 aliphatic carbocycles. The molecular weight excluding hydrogens is 386 g/mol. The summed E-state index contributed by atoms with van der Waals surface area (Å²) < 4.78 is 0. The van der Waals surface area contributed by atoms with Gasteiger partial charge >= 0.3 is 0 Å². The average Bonchev–Trinajstić information content (AvgIpc) is 3.38. The molecule has 0 radical (unpaired) electrons. The molecular formula is C22H25N3O3S. The molecule has 152 valence electrons. The summed E-state index contributed by atoms with van der Waals surface area (Å²) in [4.78, 5) is 43.4. The first-order chi connectivity index (χ1) is 14.0. The van der Waals surface area contributed by atoms with Crippen molar-refractivity contribution in [3.8, 4) is 0 Å². The van der Waals surface area contributed by atoms with E-state index in [1.807, 2.05) is 12.4 Å². The van der Waals surface area contributed by atoms with Crippen molar-refractivity contribution < 1.29 is 14.4 Å². The predicted octanol–water partition coefficient (Wildman–Crippen LogP) is 3.22. The molecule has 1 fully saturated rings. The summed E-state index contributed by atoms with van der Waals surface area (Å²) in [7, 11) is 1.83. The van der Waals surface area contributed by atoms with E-state index in [9.17, 15) is 14.4 Å². The van der Waals surface area contributed by atoms with Crippen LogP contribution in [0.25, 0.3) is 0 Å². The lowest BCUT2D eigenvalue weighted by Crippen LogP contribution is -2.41. The highest BCUT2D eigenvalue weighted by Crippen LogP contribution is 2.28. The van der Waals surface area contributed by atoms with Crippen molar-refractivity contribution in [3.05, 3.63) is 51.5 Å². The van der Waals surface area contributed by atoms with Crippen LogP contribution in [0.1, 0.15) is 64.1 Å². The molecule has 7 heteroatoms. The van der Waals surface area contributed by atoms with Gasteiger partial charge in [0.1, 0.15) is 0 Å². The smallest absolute Gasteiger partial charge is 0.251 e. The number of fused-ring (bicyclic) bond motifs is 1. The van der Waals surface area contributed by atoms with E-state index < -0.39 is 0 Å². The van der Waals surface area contributed by atoms with Gasteiger partial charge in [0, 0.05) is 41.9 Å². The van der Waals surface area contributed by atoms with Gasteiger partial charge in [-0.1, -0.05) is 12.1 Å². The molecule has 0 aliphatic heterocycles. The molecule has 4 rings (SSSR count). The maximum absolute atomic E-state index is 12.8. The van der Waals surface area contributed by atoms with E-state index in [0.29, 0.717) is 30.5 Å². The molecule has 1 aromatic heterocycles. The van der Waals surface area contributed by atoms with Crippen molar-refractivity contribution in [1.29, 1.82) is 0 Å². The number of nitrogens with zero attached hydrogens (tertiary/aromatic N) is 2. The number of hydrogen-bond acceptors (Lipinski definition) is 5. The molecule has 1 saturated carbocycles. The normalized spacial score (nSPS) is 20.9. The molecule has 0 atom stereocenters. The van der Waals surface area contributed by atoms with Crippen LogP contribution >= 0.6 is 11.3 Å². The molecule has 2 aliphatic rings. The molecule has 1 heterocycles. The van der Waals surface area contributed by atoms with Crippen LogP contribution in [0.4, 0.5) is 0 Å². The maximum Gasteiger partial charge on any atom is 0.251 e. The van der Waals surface area contributed by atoms with Crippen molar-refractivity contribution in [2.45, 2.75) is 51.1 Å². The number of benzene rings is 1. The number of ketones is 1. The Kier molecular flexibility index (Phi) is 5.76. The van der Waals surface area contributed by atoms with Crippen molar-refractivity contribution in [1.82, 2.24) is 15.2 Å². The number of thiazole rings is 1. The second-order valence-corrected chi connectivity index (χ2v) is 8.67. The van der Waals surface area contributed by atoms with Gasteiger partial charge in [0.15, 0.2) is 5.78 Å². The van der Waals surface area contributed by atoms with Crippen LogP contribution in [0.2, 0.25) is 0 Å². The molecule has 0 bridgehead atoms. The van der Waals surface area contributed by atoms with E-state index in [-0.39, 0.29) is 29.6 Å². The summed E-state index contributed by atoms with van der Waals surface area (Å²) in [6.07, 6.45) is 4.26. The third-order valence-corrected chi connectivity index (χ3v) is 6.63. The van der Waals surface area contributed by atoms with Gasteiger partial charge in [-0.15, -0.1) is 11.3 Å². The first kappa shape index (κ1) is 19.8. The molecule has 6 nitrogen and oxygen atoms in total. The summed E-state index contributed by atoms with van der Waals surface area (Å²) in [5, 5.41) is 5.08. The Morgan fingerprint density at radius 2 is 2.00 bits per heavy atom. The quantitative estimate of drug-likeness (QED) is 0.819. The van der Waals surface area contributed by atoms with Gasteiger partial charge in [0.05, 0.1) is 17.7 Å². The van der Waals surface area contributed by atoms with Crippen molar-refractivity contribution in [3.63, 3.8) is 0 Å².